The maximum Gasteiger partial charge on any atom is 2.00 e. The predicted molar refractivity (Wildman–Crippen MR) is 26.4 cm³/mol. The molecule has 0 radical (unpaired) electrons. The zero-order valence-corrected chi connectivity index (χ0v) is 11.6. The molecule has 9 heteroatoms. The molecule has 0 unspecified atom stereocenters. The fourth-order valence-electron chi connectivity index (χ4n) is 0. The minimum Gasteiger partial charge on any atom is -0.907 e. The molecule has 0 heterocycles. The van der Waals surface area contributed by atoms with Crippen molar-refractivity contribution in [2.75, 3.05) is 0 Å². The van der Waals surface area contributed by atoms with Crippen LogP contribution in [0.4, 0.5) is 0 Å². The molecule has 0 fully saturated rings. The summed E-state index contributed by atoms with van der Waals surface area (Å²) in [6.45, 7) is 0. The van der Waals surface area contributed by atoms with Crippen LogP contribution >= 0.6 is 0 Å². The standard InChI is InChI=1S/BO3.3H2O.2Sr/c2-1(3)4;;;;;/h;3*1H2;;/q-3;;;;2*+2/p-1. The van der Waals surface area contributed by atoms with Crippen molar-refractivity contribution in [3.63, 3.8) is 0 Å². The van der Waals surface area contributed by atoms with Gasteiger partial charge >= 0.3 is 91.0 Å². The number of hydrogen-bond acceptors (Lipinski definition) is 4. The first kappa shape index (κ1) is 41.0. The third-order valence-corrected chi connectivity index (χ3v) is 0. The van der Waals surface area contributed by atoms with Gasteiger partial charge in [0.15, 0.2) is 0 Å². The number of rotatable bonds is 0. The SMILES string of the molecule is O.O.[O-]B([O-])[O-].[OH-].[Sr+2].[Sr+2]. The fraction of sp³-hybridized carbons (Fsp3) is 0. The van der Waals surface area contributed by atoms with Crippen LogP contribution in [0.15, 0.2) is 0 Å². The molecule has 0 rings (SSSR count). The van der Waals surface area contributed by atoms with Crippen LogP contribution in [0.25, 0.3) is 0 Å². The Hall–Kier alpha value is 2.79. The molecule has 0 aliphatic heterocycles. The van der Waals surface area contributed by atoms with E-state index in [4.69, 9.17) is 15.1 Å². The average Bonchev–Trinajstić information content (AvgIpc) is 0.811. The van der Waals surface area contributed by atoms with Crippen LogP contribution in [0.2, 0.25) is 0 Å². The van der Waals surface area contributed by atoms with E-state index in [0.29, 0.717) is 0 Å². The van der Waals surface area contributed by atoms with Crippen molar-refractivity contribution in [1.29, 1.82) is 0 Å². The molecule has 0 aliphatic rings. The van der Waals surface area contributed by atoms with E-state index < -0.39 is 7.32 Å². The van der Waals surface area contributed by atoms with Crippen LogP contribution in [0, 0.1) is 0 Å². The summed E-state index contributed by atoms with van der Waals surface area (Å²) in [5, 5.41) is 25.2. The van der Waals surface area contributed by atoms with Gasteiger partial charge in [0, 0.05) is 0 Å². The zero-order chi connectivity index (χ0) is 3.58. The molecule has 0 saturated heterocycles. The van der Waals surface area contributed by atoms with E-state index in [1.165, 1.54) is 0 Å². The fourth-order valence-corrected chi connectivity index (χ4v) is 0. The second kappa shape index (κ2) is 30.9. The van der Waals surface area contributed by atoms with Gasteiger partial charge in [0.25, 0.3) is 0 Å². The Morgan fingerprint density at radius 2 is 0.778 bits per heavy atom. The summed E-state index contributed by atoms with van der Waals surface area (Å²) in [6, 6.07) is 0. The van der Waals surface area contributed by atoms with Gasteiger partial charge in [-0.15, -0.1) is 0 Å². The summed E-state index contributed by atoms with van der Waals surface area (Å²) in [5.74, 6) is 0. The second-order valence-corrected chi connectivity index (χ2v) is 0.289. The van der Waals surface area contributed by atoms with E-state index in [2.05, 4.69) is 0 Å². The van der Waals surface area contributed by atoms with Gasteiger partial charge in [-0.3, -0.25) is 7.32 Å². The van der Waals surface area contributed by atoms with Gasteiger partial charge in [-0.2, -0.15) is 0 Å². The van der Waals surface area contributed by atoms with Gasteiger partial charge < -0.3 is 31.5 Å². The van der Waals surface area contributed by atoms with Crippen LogP contribution in [0.3, 0.4) is 0 Å². The van der Waals surface area contributed by atoms with Crippen molar-refractivity contribution in [3.8, 4) is 0 Å². The molecule has 0 aromatic heterocycles. The molecule has 0 aromatic rings. The van der Waals surface area contributed by atoms with Crippen LogP contribution < -0.4 is 15.1 Å². The van der Waals surface area contributed by atoms with Gasteiger partial charge in [0.05, 0.1) is 0 Å². The van der Waals surface area contributed by atoms with Crippen molar-refractivity contribution >= 4 is 98.3 Å². The molecule has 48 valence electrons. The Balaban J connectivity index is -0.00000000450. The summed E-state index contributed by atoms with van der Waals surface area (Å²) < 4.78 is 0. The van der Waals surface area contributed by atoms with Gasteiger partial charge in [-0.1, -0.05) is 0 Å². The summed E-state index contributed by atoms with van der Waals surface area (Å²) in [7, 11) is -2.92. The summed E-state index contributed by atoms with van der Waals surface area (Å²) in [4.78, 5) is 0. The summed E-state index contributed by atoms with van der Waals surface area (Å²) in [6.07, 6.45) is 0. The van der Waals surface area contributed by atoms with Crippen LogP contribution in [0.1, 0.15) is 0 Å². The van der Waals surface area contributed by atoms with E-state index in [-0.39, 0.29) is 107 Å². The van der Waals surface area contributed by atoms with Gasteiger partial charge in [-0.25, -0.2) is 0 Å². The van der Waals surface area contributed by atoms with Gasteiger partial charge in [0.1, 0.15) is 0 Å². The number of hydrogen-bond donors (Lipinski definition) is 0. The molecule has 0 spiro atoms. The molecule has 0 amide bonds. The van der Waals surface area contributed by atoms with E-state index in [9.17, 15) is 0 Å². The second-order valence-electron chi connectivity index (χ2n) is 0.289. The first-order valence-electron chi connectivity index (χ1n) is 0.707. The average molecular weight is 287 g/mol. The molecule has 0 aromatic carbocycles. The molecule has 0 atom stereocenters. The smallest absolute Gasteiger partial charge is 0.907 e. The minimum atomic E-state index is -2.92. The Kier molecular flexibility index (Phi) is 140. The quantitative estimate of drug-likeness (QED) is 0.405. The van der Waals surface area contributed by atoms with Crippen LogP contribution in [-0.4, -0.2) is 115 Å². The molecule has 0 aliphatic carbocycles. The monoisotopic (exact) mass is 288 g/mol. The van der Waals surface area contributed by atoms with Crippen LogP contribution in [-0.2, 0) is 0 Å². The minimum absolute atomic E-state index is 0. The Morgan fingerprint density at radius 3 is 0.778 bits per heavy atom. The van der Waals surface area contributed by atoms with Gasteiger partial charge in [0.2, 0.25) is 0 Å². The van der Waals surface area contributed by atoms with Crippen LogP contribution in [0.5, 0.6) is 0 Å². The van der Waals surface area contributed by atoms with Crippen molar-refractivity contribution in [1.82, 2.24) is 0 Å². The molecule has 5 N–H and O–H groups in total. The van der Waals surface area contributed by atoms with Crippen molar-refractivity contribution in [3.05, 3.63) is 0 Å². The van der Waals surface area contributed by atoms with Gasteiger partial charge in [-0.05, 0) is 0 Å². The zero-order valence-electron chi connectivity index (χ0n) is 4.66. The molecule has 0 saturated carbocycles. The molecular weight excluding hydrogens is 282 g/mol. The molecule has 6 nitrogen and oxygen atoms in total. The Labute approximate surface area is 127 Å². The van der Waals surface area contributed by atoms with E-state index in [0.717, 1.165) is 0 Å². The Bertz CT molecular complexity index is 15.8. The largest absolute Gasteiger partial charge is 2.00 e. The van der Waals surface area contributed by atoms with E-state index >= 15 is 0 Å². The maximum atomic E-state index is 8.42. The normalized spacial score (nSPS) is 3.00. The van der Waals surface area contributed by atoms with E-state index in [1.54, 1.807) is 0 Å². The third kappa shape index (κ3) is 107. The maximum absolute atomic E-state index is 8.42. The van der Waals surface area contributed by atoms with E-state index in [1.807, 2.05) is 0 Å². The van der Waals surface area contributed by atoms with Crippen molar-refractivity contribution in [2.45, 2.75) is 0 Å². The molecular formula is H5BO6Sr2. The first-order valence-corrected chi connectivity index (χ1v) is 0.707. The third-order valence-electron chi connectivity index (χ3n) is 0. The Morgan fingerprint density at radius 1 is 0.778 bits per heavy atom. The predicted octanol–water partition coefficient (Wildman–Crippen LogP) is -6.54. The topological polar surface area (TPSA) is 162 Å². The molecule has 9 heavy (non-hydrogen) atoms. The summed E-state index contributed by atoms with van der Waals surface area (Å²) in [5.41, 5.74) is 0. The van der Waals surface area contributed by atoms with Crippen molar-refractivity contribution in [2.24, 2.45) is 0 Å². The molecule has 0 bridgehead atoms. The van der Waals surface area contributed by atoms with Crippen molar-refractivity contribution < 1.29 is 31.5 Å². The first-order chi connectivity index (χ1) is 1.73. The summed E-state index contributed by atoms with van der Waals surface area (Å²) >= 11 is 0.